The van der Waals surface area contributed by atoms with Crippen LogP contribution in [0.3, 0.4) is 0 Å². The van der Waals surface area contributed by atoms with Crippen molar-refractivity contribution < 1.29 is 19.1 Å². The van der Waals surface area contributed by atoms with E-state index in [1.54, 1.807) is 0 Å². The number of hydrogen-bond donors (Lipinski definition) is 0. The summed E-state index contributed by atoms with van der Waals surface area (Å²) in [5.74, 6) is -0.842. The molecule has 136 valence electrons. The van der Waals surface area contributed by atoms with Crippen LogP contribution in [0.4, 0.5) is 0 Å². The Balaban J connectivity index is 1.70. The molecule has 2 aliphatic carbocycles. The molecule has 2 saturated carbocycles. The molecule has 0 unspecified atom stereocenters. The molecule has 2 fully saturated rings. The van der Waals surface area contributed by atoms with Gasteiger partial charge in [-0.1, -0.05) is 38.5 Å². The zero-order chi connectivity index (χ0) is 17.0. The topological polar surface area (TPSA) is 52.6 Å². The fourth-order valence-corrected chi connectivity index (χ4v) is 3.62. The molecule has 0 amide bonds. The highest BCUT2D eigenvalue weighted by Gasteiger charge is 2.16. The van der Waals surface area contributed by atoms with E-state index in [-0.39, 0.29) is 12.2 Å². The van der Waals surface area contributed by atoms with Gasteiger partial charge in [-0.05, 0) is 51.4 Å². The minimum Gasteiger partial charge on any atom is -0.459 e. The lowest BCUT2D eigenvalue weighted by Crippen LogP contribution is -2.19. The average Bonchev–Trinajstić information content (AvgIpc) is 2.50. The summed E-state index contributed by atoms with van der Waals surface area (Å²) in [5.41, 5.74) is 0. The summed E-state index contributed by atoms with van der Waals surface area (Å²) in [6.07, 6.45) is 18.1. The Morgan fingerprint density at radius 2 is 0.833 bits per heavy atom. The SMILES string of the molecule is O=C(/C=C\C(=O)OC1CCCCCCC1)OC1CCCCCCC1. The van der Waals surface area contributed by atoms with Gasteiger partial charge in [0.15, 0.2) is 0 Å². The predicted octanol–water partition coefficient (Wildman–Crippen LogP) is 4.85. The van der Waals surface area contributed by atoms with E-state index in [0.717, 1.165) is 51.4 Å². The third-order valence-electron chi connectivity index (χ3n) is 5.03. The standard InChI is InChI=1S/C20H32O4/c21-19(23-17-11-7-3-1-4-8-12-17)15-16-20(22)24-18-13-9-5-2-6-10-14-18/h15-18H,1-14H2/b16-15-. The molecule has 4 heteroatoms. The molecular weight excluding hydrogens is 304 g/mol. The molecule has 24 heavy (non-hydrogen) atoms. The van der Waals surface area contributed by atoms with E-state index in [1.807, 2.05) is 0 Å². The number of ether oxygens (including phenoxy) is 2. The third-order valence-corrected chi connectivity index (χ3v) is 5.03. The molecule has 2 rings (SSSR count). The molecule has 0 N–H and O–H groups in total. The van der Waals surface area contributed by atoms with Crippen LogP contribution in [0.1, 0.15) is 89.9 Å². The van der Waals surface area contributed by atoms with Crippen LogP contribution in [0, 0.1) is 0 Å². The second-order valence-corrected chi connectivity index (χ2v) is 7.14. The van der Waals surface area contributed by atoms with Gasteiger partial charge in [0.05, 0.1) is 0 Å². The number of esters is 2. The van der Waals surface area contributed by atoms with Crippen molar-refractivity contribution >= 4 is 11.9 Å². The van der Waals surface area contributed by atoms with Gasteiger partial charge in [-0.2, -0.15) is 0 Å². The van der Waals surface area contributed by atoms with Crippen molar-refractivity contribution in [3.8, 4) is 0 Å². The van der Waals surface area contributed by atoms with Crippen LogP contribution in [0.2, 0.25) is 0 Å². The summed E-state index contributed by atoms with van der Waals surface area (Å²) in [4.78, 5) is 23.8. The number of hydrogen-bond acceptors (Lipinski definition) is 4. The zero-order valence-electron chi connectivity index (χ0n) is 14.8. The number of carbonyl (C=O) groups is 2. The summed E-state index contributed by atoms with van der Waals surface area (Å²) in [7, 11) is 0. The number of carbonyl (C=O) groups excluding carboxylic acids is 2. The van der Waals surface area contributed by atoms with E-state index < -0.39 is 11.9 Å². The Morgan fingerprint density at radius 3 is 1.17 bits per heavy atom. The van der Waals surface area contributed by atoms with Crippen LogP contribution in [-0.2, 0) is 19.1 Å². The summed E-state index contributed by atoms with van der Waals surface area (Å²) < 4.78 is 10.9. The highest BCUT2D eigenvalue weighted by atomic mass is 16.5. The van der Waals surface area contributed by atoms with Gasteiger partial charge in [0.2, 0.25) is 0 Å². The monoisotopic (exact) mass is 336 g/mol. The van der Waals surface area contributed by atoms with E-state index in [4.69, 9.17) is 9.47 Å². The highest BCUT2D eigenvalue weighted by molar-refractivity contribution is 5.91. The summed E-state index contributed by atoms with van der Waals surface area (Å²) in [6, 6.07) is 0. The molecule has 0 aromatic carbocycles. The van der Waals surface area contributed by atoms with Gasteiger partial charge < -0.3 is 9.47 Å². The van der Waals surface area contributed by atoms with Crippen molar-refractivity contribution in [2.75, 3.05) is 0 Å². The Kier molecular flexibility index (Phi) is 8.93. The first-order chi connectivity index (χ1) is 11.7. The molecule has 0 atom stereocenters. The third kappa shape index (κ3) is 7.98. The van der Waals surface area contributed by atoms with Crippen molar-refractivity contribution in [1.82, 2.24) is 0 Å². The Bertz CT molecular complexity index is 362. The van der Waals surface area contributed by atoms with Crippen LogP contribution < -0.4 is 0 Å². The Morgan fingerprint density at radius 1 is 0.542 bits per heavy atom. The van der Waals surface area contributed by atoms with Crippen molar-refractivity contribution in [1.29, 1.82) is 0 Å². The van der Waals surface area contributed by atoms with Crippen molar-refractivity contribution in [2.45, 2.75) is 102 Å². The van der Waals surface area contributed by atoms with E-state index in [2.05, 4.69) is 0 Å². The van der Waals surface area contributed by atoms with Crippen LogP contribution in [-0.4, -0.2) is 24.1 Å². The zero-order valence-corrected chi connectivity index (χ0v) is 14.8. The minimum absolute atomic E-state index is 0.00378. The molecule has 0 heterocycles. The lowest BCUT2D eigenvalue weighted by molar-refractivity contribution is -0.146. The van der Waals surface area contributed by atoms with Gasteiger partial charge in [0.1, 0.15) is 12.2 Å². The van der Waals surface area contributed by atoms with E-state index in [9.17, 15) is 9.59 Å². The second kappa shape index (κ2) is 11.3. The molecule has 0 aromatic heterocycles. The normalized spacial score (nSPS) is 22.2. The molecule has 0 aromatic rings. The van der Waals surface area contributed by atoms with E-state index >= 15 is 0 Å². The lowest BCUT2D eigenvalue weighted by atomic mass is 9.98. The maximum atomic E-state index is 11.9. The molecule has 0 radical (unpaired) electrons. The summed E-state index contributed by atoms with van der Waals surface area (Å²) in [5, 5.41) is 0. The van der Waals surface area contributed by atoms with Gasteiger partial charge >= 0.3 is 11.9 Å². The van der Waals surface area contributed by atoms with E-state index in [1.165, 1.54) is 50.7 Å². The number of rotatable bonds is 4. The molecule has 2 aliphatic rings. The molecule has 0 saturated heterocycles. The fraction of sp³-hybridized carbons (Fsp3) is 0.800. The average molecular weight is 336 g/mol. The quantitative estimate of drug-likeness (QED) is 0.544. The van der Waals surface area contributed by atoms with Gasteiger partial charge in [0.25, 0.3) is 0 Å². The van der Waals surface area contributed by atoms with Crippen LogP contribution in [0.5, 0.6) is 0 Å². The maximum absolute atomic E-state index is 11.9. The van der Waals surface area contributed by atoms with Gasteiger partial charge in [-0.3, -0.25) is 0 Å². The highest BCUT2D eigenvalue weighted by Crippen LogP contribution is 2.20. The first-order valence-electron chi connectivity index (χ1n) is 9.83. The van der Waals surface area contributed by atoms with Gasteiger partial charge in [-0.25, -0.2) is 9.59 Å². The molecule has 0 aliphatic heterocycles. The first-order valence-corrected chi connectivity index (χ1v) is 9.83. The van der Waals surface area contributed by atoms with Crippen molar-refractivity contribution in [2.24, 2.45) is 0 Å². The minimum atomic E-state index is -0.421. The predicted molar refractivity (Wildman–Crippen MR) is 93.5 cm³/mol. The van der Waals surface area contributed by atoms with Crippen molar-refractivity contribution in [3.05, 3.63) is 12.2 Å². The van der Waals surface area contributed by atoms with Gasteiger partial charge in [0, 0.05) is 12.2 Å². The molecule has 0 bridgehead atoms. The van der Waals surface area contributed by atoms with Crippen LogP contribution >= 0.6 is 0 Å². The van der Waals surface area contributed by atoms with Gasteiger partial charge in [-0.15, -0.1) is 0 Å². The lowest BCUT2D eigenvalue weighted by Gasteiger charge is -2.20. The smallest absolute Gasteiger partial charge is 0.331 e. The maximum Gasteiger partial charge on any atom is 0.331 e. The van der Waals surface area contributed by atoms with Crippen LogP contribution in [0.15, 0.2) is 12.2 Å². The summed E-state index contributed by atoms with van der Waals surface area (Å²) in [6.45, 7) is 0. The van der Waals surface area contributed by atoms with Crippen molar-refractivity contribution in [3.63, 3.8) is 0 Å². The van der Waals surface area contributed by atoms with E-state index in [0.29, 0.717) is 0 Å². The second-order valence-electron chi connectivity index (χ2n) is 7.14. The Hall–Kier alpha value is -1.32. The summed E-state index contributed by atoms with van der Waals surface area (Å²) >= 11 is 0. The Labute approximate surface area is 146 Å². The molecular formula is C20H32O4. The van der Waals surface area contributed by atoms with Crippen LogP contribution in [0.25, 0.3) is 0 Å². The molecule has 0 spiro atoms. The first kappa shape index (κ1) is 19.0. The fourth-order valence-electron chi connectivity index (χ4n) is 3.62. The molecule has 4 nitrogen and oxygen atoms in total. The largest absolute Gasteiger partial charge is 0.459 e.